The van der Waals surface area contributed by atoms with Crippen LogP contribution in [-0.4, -0.2) is 46.2 Å². The van der Waals surface area contributed by atoms with E-state index in [1.54, 1.807) is 23.5 Å². The minimum absolute atomic E-state index is 0.108. The van der Waals surface area contributed by atoms with E-state index in [1.165, 1.54) is 29.2 Å². The molecular weight excluding hydrogens is 400 g/mol. The topological polar surface area (TPSA) is 103 Å². The van der Waals surface area contributed by atoms with E-state index in [2.05, 4.69) is 56.6 Å². The molecule has 1 N–H and O–H groups in total. The lowest BCUT2D eigenvalue weighted by Crippen LogP contribution is -2.25. The van der Waals surface area contributed by atoms with Crippen molar-refractivity contribution in [1.82, 2.24) is 39.8 Å². The number of benzene rings is 1. The molecule has 152 valence electrons. The molecule has 30 heavy (non-hydrogen) atoms. The highest BCUT2D eigenvalue weighted by atomic mass is 32.2. The molecule has 4 aromatic rings. The van der Waals surface area contributed by atoms with Gasteiger partial charge in [-0.15, -0.1) is 10.2 Å². The first kappa shape index (κ1) is 19.8. The van der Waals surface area contributed by atoms with E-state index < -0.39 is 0 Å². The van der Waals surface area contributed by atoms with Gasteiger partial charge in [-0.05, 0) is 43.2 Å². The molecule has 0 fully saturated rings. The van der Waals surface area contributed by atoms with Crippen LogP contribution in [0.5, 0.6) is 0 Å². The fraction of sp³-hybridized carbons (Fsp3) is 0.200. The predicted molar refractivity (Wildman–Crippen MR) is 113 cm³/mol. The zero-order valence-corrected chi connectivity index (χ0v) is 17.4. The molecule has 0 aliphatic rings. The molecule has 0 atom stereocenters. The SMILES string of the molecule is Cc1ccc(-n2cnnc2SCC(=O)NCc2cccnc2-n2cncn2)cc1C. The van der Waals surface area contributed by atoms with Crippen LogP contribution in [0.3, 0.4) is 0 Å². The lowest BCUT2D eigenvalue weighted by Gasteiger charge is -2.10. The van der Waals surface area contributed by atoms with Crippen LogP contribution in [0.4, 0.5) is 0 Å². The highest BCUT2D eigenvalue weighted by Crippen LogP contribution is 2.21. The fourth-order valence-corrected chi connectivity index (χ4v) is 3.60. The summed E-state index contributed by atoms with van der Waals surface area (Å²) in [6, 6.07) is 9.88. The Bertz CT molecular complexity index is 1160. The summed E-state index contributed by atoms with van der Waals surface area (Å²) in [5.41, 5.74) is 4.23. The van der Waals surface area contributed by atoms with Crippen LogP contribution >= 0.6 is 11.8 Å². The Morgan fingerprint density at radius 2 is 2.07 bits per heavy atom. The molecule has 3 heterocycles. The highest BCUT2D eigenvalue weighted by Gasteiger charge is 2.12. The standard InChI is InChI=1S/C20H20N8OS/c1-14-5-6-17(8-15(14)2)27-13-24-26-20(27)30-10-18(29)23-9-16-4-3-7-22-19(16)28-12-21-11-25-28/h3-8,11-13H,9-10H2,1-2H3,(H,23,29). The van der Waals surface area contributed by atoms with Gasteiger partial charge in [0.15, 0.2) is 11.0 Å². The van der Waals surface area contributed by atoms with Crippen molar-refractivity contribution in [3.63, 3.8) is 0 Å². The van der Waals surface area contributed by atoms with E-state index in [-0.39, 0.29) is 11.7 Å². The molecule has 0 unspecified atom stereocenters. The maximum Gasteiger partial charge on any atom is 0.230 e. The molecule has 1 amide bonds. The predicted octanol–water partition coefficient (Wildman–Crippen LogP) is 2.27. The Morgan fingerprint density at radius 3 is 2.87 bits per heavy atom. The van der Waals surface area contributed by atoms with Crippen LogP contribution in [0, 0.1) is 13.8 Å². The van der Waals surface area contributed by atoms with Gasteiger partial charge in [0.25, 0.3) is 0 Å². The quantitative estimate of drug-likeness (QED) is 0.457. The zero-order chi connectivity index (χ0) is 20.9. The van der Waals surface area contributed by atoms with Gasteiger partial charge in [-0.2, -0.15) is 5.10 Å². The summed E-state index contributed by atoms with van der Waals surface area (Å²) in [6.45, 7) is 4.48. The van der Waals surface area contributed by atoms with Gasteiger partial charge in [0.1, 0.15) is 19.0 Å². The molecule has 0 saturated carbocycles. The van der Waals surface area contributed by atoms with E-state index >= 15 is 0 Å². The first-order chi connectivity index (χ1) is 14.6. The van der Waals surface area contributed by atoms with Gasteiger partial charge in [0.2, 0.25) is 5.91 Å². The Labute approximate surface area is 177 Å². The molecule has 4 rings (SSSR count). The third kappa shape index (κ3) is 4.38. The van der Waals surface area contributed by atoms with Gasteiger partial charge < -0.3 is 5.32 Å². The maximum absolute atomic E-state index is 12.4. The van der Waals surface area contributed by atoms with Crippen LogP contribution in [-0.2, 0) is 11.3 Å². The number of aryl methyl sites for hydroxylation is 2. The number of rotatable bonds is 7. The van der Waals surface area contributed by atoms with Crippen molar-refractivity contribution in [2.75, 3.05) is 5.75 Å². The first-order valence-corrected chi connectivity index (χ1v) is 10.3. The van der Waals surface area contributed by atoms with E-state index in [1.807, 2.05) is 22.8 Å². The lowest BCUT2D eigenvalue weighted by molar-refractivity contribution is -0.118. The molecule has 3 aromatic heterocycles. The van der Waals surface area contributed by atoms with Gasteiger partial charge in [-0.3, -0.25) is 9.36 Å². The van der Waals surface area contributed by atoms with Crippen LogP contribution < -0.4 is 5.32 Å². The summed E-state index contributed by atoms with van der Waals surface area (Å²) >= 11 is 1.34. The largest absolute Gasteiger partial charge is 0.351 e. The molecule has 9 nitrogen and oxygen atoms in total. The van der Waals surface area contributed by atoms with E-state index in [0.29, 0.717) is 17.5 Å². The highest BCUT2D eigenvalue weighted by molar-refractivity contribution is 7.99. The van der Waals surface area contributed by atoms with Crippen molar-refractivity contribution in [3.05, 3.63) is 72.2 Å². The van der Waals surface area contributed by atoms with Crippen molar-refractivity contribution in [3.8, 4) is 11.5 Å². The van der Waals surface area contributed by atoms with Crippen molar-refractivity contribution in [2.45, 2.75) is 25.5 Å². The number of hydrogen-bond acceptors (Lipinski definition) is 7. The van der Waals surface area contributed by atoms with Crippen molar-refractivity contribution >= 4 is 17.7 Å². The lowest BCUT2D eigenvalue weighted by atomic mass is 10.1. The number of nitrogens with zero attached hydrogens (tertiary/aromatic N) is 7. The second-order valence-corrected chi connectivity index (χ2v) is 7.59. The van der Waals surface area contributed by atoms with Gasteiger partial charge in [0, 0.05) is 24.0 Å². The normalized spacial score (nSPS) is 10.9. The number of thioether (sulfide) groups is 1. The molecule has 0 saturated heterocycles. The number of nitrogens with one attached hydrogen (secondary N) is 1. The third-order valence-electron chi connectivity index (χ3n) is 4.60. The minimum Gasteiger partial charge on any atom is -0.351 e. The summed E-state index contributed by atoms with van der Waals surface area (Å²) < 4.78 is 3.45. The first-order valence-electron chi connectivity index (χ1n) is 9.28. The summed E-state index contributed by atoms with van der Waals surface area (Å²) in [7, 11) is 0. The summed E-state index contributed by atoms with van der Waals surface area (Å²) in [6.07, 6.45) is 6.35. The Kier molecular flexibility index (Phi) is 5.84. The second-order valence-electron chi connectivity index (χ2n) is 6.64. The minimum atomic E-state index is -0.108. The van der Waals surface area contributed by atoms with Crippen LogP contribution in [0.25, 0.3) is 11.5 Å². The van der Waals surface area contributed by atoms with Crippen LogP contribution in [0.2, 0.25) is 0 Å². The number of carbonyl (C=O) groups excluding carboxylic acids is 1. The van der Waals surface area contributed by atoms with Crippen LogP contribution in [0.15, 0.2) is 60.7 Å². The van der Waals surface area contributed by atoms with E-state index in [0.717, 1.165) is 11.3 Å². The zero-order valence-electron chi connectivity index (χ0n) is 16.6. The number of hydrogen-bond donors (Lipinski definition) is 1. The maximum atomic E-state index is 12.4. The fourth-order valence-electron chi connectivity index (χ4n) is 2.84. The molecule has 0 spiro atoms. The average Bonchev–Trinajstić information content (AvgIpc) is 3.45. The van der Waals surface area contributed by atoms with Gasteiger partial charge in [-0.25, -0.2) is 14.6 Å². The summed E-state index contributed by atoms with van der Waals surface area (Å²) in [5.74, 6) is 0.753. The molecule has 1 aromatic carbocycles. The molecule has 10 heteroatoms. The van der Waals surface area contributed by atoms with Gasteiger partial charge in [0.05, 0.1) is 5.75 Å². The Balaban J connectivity index is 1.38. The Hall–Kier alpha value is -3.53. The van der Waals surface area contributed by atoms with Crippen LogP contribution in [0.1, 0.15) is 16.7 Å². The molecule has 0 bridgehead atoms. The second kappa shape index (κ2) is 8.87. The van der Waals surface area contributed by atoms with Crippen molar-refractivity contribution in [1.29, 1.82) is 0 Å². The summed E-state index contributed by atoms with van der Waals surface area (Å²) in [4.78, 5) is 20.7. The smallest absolute Gasteiger partial charge is 0.230 e. The number of pyridine rings is 1. The summed E-state index contributed by atoms with van der Waals surface area (Å²) in [5, 5.41) is 15.8. The molecule has 0 aliphatic heterocycles. The molecule has 0 aliphatic carbocycles. The van der Waals surface area contributed by atoms with Crippen molar-refractivity contribution in [2.24, 2.45) is 0 Å². The van der Waals surface area contributed by atoms with Crippen molar-refractivity contribution < 1.29 is 4.79 Å². The number of amides is 1. The van der Waals surface area contributed by atoms with Gasteiger partial charge >= 0.3 is 0 Å². The molecule has 0 radical (unpaired) electrons. The number of aromatic nitrogens is 7. The average molecular weight is 421 g/mol. The Morgan fingerprint density at radius 1 is 1.17 bits per heavy atom. The monoisotopic (exact) mass is 420 g/mol. The van der Waals surface area contributed by atoms with E-state index in [9.17, 15) is 4.79 Å². The number of carbonyl (C=O) groups is 1. The van der Waals surface area contributed by atoms with E-state index in [4.69, 9.17) is 0 Å². The molecular formula is C20H20N8OS. The third-order valence-corrected chi connectivity index (χ3v) is 5.54. The van der Waals surface area contributed by atoms with Gasteiger partial charge in [-0.1, -0.05) is 23.9 Å².